The molecule has 0 spiro atoms. The molecule has 4 N–H and O–H groups in total. The monoisotopic (exact) mass is 283 g/mol. The first kappa shape index (κ1) is 14.3. The molecule has 9 heteroatoms. The maximum atomic E-state index is 11.8. The number of carboxylic acids is 1. The predicted molar refractivity (Wildman–Crippen MR) is 67.8 cm³/mol. The second-order valence-corrected chi connectivity index (χ2v) is 4.36. The normalized spacial score (nSPS) is 17.4. The molecule has 0 bridgehead atoms. The van der Waals surface area contributed by atoms with Gasteiger partial charge >= 0.3 is 12.0 Å². The summed E-state index contributed by atoms with van der Waals surface area (Å²) in [4.78, 5) is 29.5. The van der Waals surface area contributed by atoms with Gasteiger partial charge in [-0.2, -0.15) is 0 Å². The van der Waals surface area contributed by atoms with Crippen molar-refractivity contribution in [3.8, 4) is 0 Å². The number of imidazole rings is 1. The van der Waals surface area contributed by atoms with Crippen molar-refractivity contribution in [2.24, 2.45) is 0 Å². The standard InChI is InChI=1S/C11H17N5O4/c17-10(18)9(5-8-6-12-7-13-8)14-11(19)15-16-1-3-20-4-2-16/h6-7,9H,1-5H2,(H,12,13)(H,17,18)(H2,14,15,19)/t9-/m0/s1. The number of amides is 2. The summed E-state index contributed by atoms with van der Waals surface area (Å²) in [5.74, 6) is -1.10. The van der Waals surface area contributed by atoms with Crippen LogP contribution in [0.15, 0.2) is 12.5 Å². The zero-order valence-corrected chi connectivity index (χ0v) is 10.8. The molecule has 9 nitrogen and oxygen atoms in total. The minimum absolute atomic E-state index is 0.145. The van der Waals surface area contributed by atoms with E-state index in [1.165, 1.54) is 12.5 Å². The van der Waals surface area contributed by atoms with Gasteiger partial charge in [0, 0.05) is 31.4 Å². The Hall–Kier alpha value is -2.13. The van der Waals surface area contributed by atoms with Crippen molar-refractivity contribution in [3.05, 3.63) is 18.2 Å². The number of aromatic nitrogens is 2. The van der Waals surface area contributed by atoms with Crippen molar-refractivity contribution in [3.63, 3.8) is 0 Å². The van der Waals surface area contributed by atoms with E-state index in [1.54, 1.807) is 5.01 Å². The van der Waals surface area contributed by atoms with Gasteiger partial charge in [-0.05, 0) is 0 Å². The summed E-state index contributed by atoms with van der Waals surface area (Å²) in [6.07, 6.45) is 3.13. The van der Waals surface area contributed by atoms with E-state index in [-0.39, 0.29) is 6.42 Å². The van der Waals surface area contributed by atoms with Crippen molar-refractivity contribution in [2.75, 3.05) is 26.3 Å². The van der Waals surface area contributed by atoms with Crippen LogP contribution in [-0.2, 0) is 16.0 Å². The lowest BCUT2D eigenvalue weighted by atomic mass is 10.2. The van der Waals surface area contributed by atoms with E-state index in [2.05, 4.69) is 20.7 Å². The molecule has 2 rings (SSSR count). The van der Waals surface area contributed by atoms with Gasteiger partial charge in [-0.1, -0.05) is 0 Å². The number of nitrogens with zero attached hydrogens (tertiary/aromatic N) is 2. The molecule has 0 aromatic carbocycles. The SMILES string of the molecule is O=C(N[C@@H](Cc1cnc[nH]1)C(=O)O)NN1CCOCC1. The minimum atomic E-state index is -1.10. The number of carbonyl (C=O) groups is 2. The Morgan fingerprint density at radius 2 is 2.25 bits per heavy atom. The van der Waals surface area contributed by atoms with Crippen LogP contribution in [0.5, 0.6) is 0 Å². The molecule has 2 heterocycles. The molecule has 1 saturated heterocycles. The maximum Gasteiger partial charge on any atom is 0.330 e. The number of H-pyrrole nitrogens is 1. The fraction of sp³-hybridized carbons (Fsp3) is 0.545. The van der Waals surface area contributed by atoms with E-state index < -0.39 is 18.0 Å². The van der Waals surface area contributed by atoms with Crippen LogP contribution in [0.3, 0.4) is 0 Å². The summed E-state index contributed by atoms with van der Waals surface area (Å²) < 4.78 is 5.15. The topological polar surface area (TPSA) is 120 Å². The zero-order valence-electron chi connectivity index (χ0n) is 10.8. The Balaban J connectivity index is 1.83. The van der Waals surface area contributed by atoms with Gasteiger partial charge in [0.2, 0.25) is 0 Å². The smallest absolute Gasteiger partial charge is 0.330 e. The molecule has 1 aromatic heterocycles. The number of carbonyl (C=O) groups excluding carboxylic acids is 1. The molecule has 0 unspecified atom stereocenters. The Kier molecular flexibility index (Phi) is 4.91. The van der Waals surface area contributed by atoms with Gasteiger partial charge in [0.15, 0.2) is 0 Å². The molecular weight excluding hydrogens is 266 g/mol. The van der Waals surface area contributed by atoms with E-state index in [4.69, 9.17) is 9.84 Å². The third kappa shape index (κ3) is 4.21. The van der Waals surface area contributed by atoms with Crippen LogP contribution in [0.25, 0.3) is 0 Å². The van der Waals surface area contributed by atoms with Crippen molar-refractivity contribution in [1.82, 2.24) is 25.7 Å². The number of carboxylic acid groups (broad SMARTS) is 1. The van der Waals surface area contributed by atoms with Gasteiger partial charge in [0.1, 0.15) is 6.04 Å². The molecule has 1 aliphatic heterocycles. The predicted octanol–water partition coefficient (Wildman–Crippen LogP) is -1.05. The first-order valence-electron chi connectivity index (χ1n) is 6.25. The van der Waals surface area contributed by atoms with Crippen LogP contribution >= 0.6 is 0 Å². The van der Waals surface area contributed by atoms with Crippen LogP contribution in [-0.4, -0.2) is 64.4 Å². The van der Waals surface area contributed by atoms with E-state index in [1.807, 2.05) is 0 Å². The number of aliphatic carboxylic acids is 1. The first-order valence-corrected chi connectivity index (χ1v) is 6.25. The number of hydrazine groups is 1. The van der Waals surface area contributed by atoms with E-state index >= 15 is 0 Å². The average Bonchev–Trinajstić information content (AvgIpc) is 2.92. The Morgan fingerprint density at radius 1 is 1.50 bits per heavy atom. The molecule has 1 atom stereocenters. The molecule has 1 aliphatic rings. The lowest BCUT2D eigenvalue weighted by molar-refractivity contribution is -0.139. The van der Waals surface area contributed by atoms with E-state index in [0.29, 0.717) is 32.0 Å². The lowest BCUT2D eigenvalue weighted by Gasteiger charge is -2.27. The molecule has 0 aliphatic carbocycles. The Morgan fingerprint density at radius 3 is 2.85 bits per heavy atom. The van der Waals surface area contributed by atoms with Gasteiger partial charge in [-0.3, -0.25) is 5.43 Å². The second kappa shape index (κ2) is 6.87. The highest BCUT2D eigenvalue weighted by Crippen LogP contribution is 1.99. The molecule has 2 amide bonds. The van der Waals surface area contributed by atoms with Crippen LogP contribution in [0, 0.1) is 0 Å². The lowest BCUT2D eigenvalue weighted by Crippen LogP contribution is -2.55. The third-order valence-corrected chi connectivity index (χ3v) is 2.85. The number of nitrogens with one attached hydrogen (secondary N) is 3. The quantitative estimate of drug-likeness (QED) is 0.547. The molecule has 0 saturated carbocycles. The highest BCUT2D eigenvalue weighted by atomic mass is 16.5. The number of urea groups is 1. The number of aromatic amines is 1. The fourth-order valence-electron chi connectivity index (χ4n) is 1.83. The summed E-state index contributed by atoms with van der Waals surface area (Å²) in [5.41, 5.74) is 3.24. The van der Waals surface area contributed by atoms with Gasteiger partial charge in [-0.25, -0.2) is 19.6 Å². The largest absolute Gasteiger partial charge is 0.480 e. The number of morpholine rings is 1. The molecule has 20 heavy (non-hydrogen) atoms. The molecular formula is C11H17N5O4. The van der Waals surface area contributed by atoms with Gasteiger partial charge in [0.05, 0.1) is 19.5 Å². The van der Waals surface area contributed by atoms with Crippen molar-refractivity contribution < 1.29 is 19.4 Å². The number of ether oxygens (including phenoxy) is 1. The average molecular weight is 283 g/mol. The van der Waals surface area contributed by atoms with Crippen LogP contribution in [0.4, 0.5) is 4.79 Å². The van der Waals surface area contributed by atoms with Crippen molar-refractivity contribution >= 4 is 12.0 Å². The summed E-state index contributed by atoms with van der Waals surface area (Å²) in [5, 5.41) is 13.2. The summed E-state index contributed by atoms with van der Waals surface area (Å²) in [6, 6.07) is -1.56. The molecule has 110 valence electrons. The second-order valence-electron chi connectivity index (χ2n) is 4.36. The van der Waals surface area contributed by atoms with E-state index in [9.17, 15) is 9.59 Å². The Bertz CT molecular complexity index is 444. The third-order valence-electron chi connectivity index (χ3n) is 2.85. The number of hydrogen-bond acceptors (Lipinski definition) is 5. The van der Waals surface area contributed by atoms with Crippen LogP contribution < -0.4 is 10.7 Å². The maximum absolute atomic E-state index is 11.8. The number of rotatable bonds is 5. The van der Waals surface area contributed by atoms with Crippen LogP contribution in [0.2, 0.25) is 0 Å². The summed E-state index contributed by atoms with van der Waals surface area (Å²) in [6.45, 7) is 2.23. The summed E-state index contributed by atoms with van der Waals surface area (Å²) in [7, 11) is 0. The molecule has 0 radical (unpaired) electrons. The number of hydrogen-bond donors (Lipinski definition) is 4. The van der Waals surface area contributed by atoms with Gasteiger partial charge < -0.3 is 20.1 Å². The van der Waals surface area contributed by atoms with Gasteiger partial charge in [0.25, 0.3) is 0 Å². The minimum Gasteiger partial charge on any atom is -0.480 e. The van der Waals surface area contributed by atoms with E-state index in [0.717, 1.165) is 0 Å². The zero-order chi connectivity index (χ0) is 14.4. The van der Waals surface area contributed by atoms with Crippen molar-refractivity contribution in [1.29, 1.82) is 0 Å². The first-order chi connectivity index (χ1) is 9.65. The van der Waals surface area contributed by atoms with Crippen LogP contribution in [0.1, 0.15) is 5.69 Å². The summed E-state index contributed by atoms with van der Waals surface area (Å²) >= 11 is 0. The van der Waals surface area contributed by atoms with Crippen molar-refractivity contribution in [2.45, 2.75) is 12.5 Å². The Labute approximate surface area is 115 Å². The molecule has 1 fully saturated rings. The fourth-order valence-corrected chi connectivity index (χ4v) is 1.83. The molecule has 1 aromatic rings. The van der Waals surface area contributed by atoms with Gasteiger partial charge in [-0.15, -0.1) is 0 Å². The highest BCUT2D eigenvalue weighted by molar-refractivity contribution is 5.82. The highest BCUT2D eigenvalue weighted by Gasteiger charge is 2.22.